The van der Waals surface area contributed by atoms with Crippen molar-refractivity contribution in [2.24, 2.45) is 11.0 Å². The molecular weight excluding hydrogens is 510 g/mol. The highest BCUT2D eigenvalue weighted by atomic mass is 19.4. The van der Waals surface area contributed by atoms with Gasteiger partial charge in [-0.05, 0) is 43.4 Å². The minimum Gasteiger partial charge on any atom is -0.465 e. The lowest BCUT2D eigenvalue weighted by Crippen LogP contribution is -2.39. The fourth-order valence-corrected chi connectivity index (χ4v) is 4.55. The zero-order valence-corrected chi connectivity index (χ0v) is 20.4. The fraction of sp³-hybridized carbons (Fsp3) is 0.500. The molecule has 1 amide bonds. The van der Waals surface area contributed by atoms with Gasteiger partial charge in [-0.1, -0.05) is 12.1 Å². The number of carbonyl (C=O) groups is 1. The van der Waals surface area contributed by atoms with Crippen molar-refractivity contribution in [3.05, 3.63) is 47.5 Å². The third-order valence-electron chi connectivity index (χ3n) is 6.81. The van der Waals surface area contributed by atoms with Crippen LogP contribution in [0.1, 0.15) is 36.8 Å². The Labute approximate surface area is 215 Å². The highest BCUT2D eigenvalue weighted by Gasteiger charge is 2.34. The molecule has 3 heterocycles. The van der Waals surface area contributed by atoms with Gasteiger partial charge in [0.15, 0.2) is 18.4 Å². The quantitative estimate of drug-likeness (QED) is 0.484. The van der Waals surface area contributed by atoms with E-state index >= 15 is 4.39 Å². The number of piperidine rings is 1. The Kier molecular flexibility index (Phi) is 7.13. The van der Waals surface area contributed by atoms with Gasteiger partial charge in [-0.25, -0.2) is 19.8 Å². The second-order valence-corrected chi connectivity index (χ2v) is 9.51. The molecule has 2 aliphatic heterocycles. The number of ether oxygens (including phenoxy) is 1. The largest absolute Gasteiger partial charge is 0.465 e. The molecule has 3 aliphatic rings. The Morgan fingerprint density at radius 3 is 2.47 bits per heavy atom. The normalized spacial score (nSPS) is 18.3. The number of nitrogens with one attached hydrogen (secondary N) is 1. The van der Waals surface area contributed by atoms with Crippen LogP contribution in [0.2, 0.25) is 0 Å². The van der Waals surface area contributed by atoms with Crippen LogP contribution in [0, 0.1) is 11.7 Å². The molecule has 1 aromatic carbocycles. The number of rotatable bonds is 8. The van der Waals surface area contributed by atoms with Gasteiger partial charge in [0, 0.05) is 31.6 Å². The Balaban J connectivity index is 1.22. The summed E-state index contributed by atoms with van der Waals surface area (Å²) in [5.41, 5.74) is -0.121. The van der Waals surface area contributed by atoms with E-state index in [2.05, 4.69) is 20.4 Å². The summed E-state index contributed by atoms with van der Waals surface area (Å²) in [7, 11) is 0. The molecule has 1 aliphatic carbocycles. The van der Waals surface area contributed by atoms with E-state index in [0.29, 0.717) is 37.4 Å². The summed E-state index contributed by atoms with van der Waals surface area (Å²) in [6.07, 6.45) is -1.21. The molecule has 38 heavy (non-hydrogen) atoms. The van der Waals surface area contributed by atoms with Gasteiger partial charge < -0.3 is 25.0 Å². The number of hydrogen-bond acceptors (Lipinski definition) is 8. The Morgan fingerprint density at radius 2 is 1.84 bits per heavy atom. The van der Waals surface area contributed by atoms with Crippen LogP contribution in [0.15, 0.2) is 35.7 Å². The van der Waals surface area contributed by atoms with E-state index in [0.717, 1.165) is 25.0 Å². The molecule has 1 saturated heterocycles. The summed E-state index contributed by atoms with van der Waals surface area (Å²) in [4.78, 5) is 22.4. The zero-order valence-electron chi connectivity index (χ0n) is 20.4. The van der Waals surface area contributed by atoms with Gasteiger partial charge in [0.05, 0.1) is 5.56 Å². The smallest absolute Gasteiger partial charge is 0.416 e. The maximum absolute atomic E-state index is 15.5. The fourth-order valence-electron chi connectivity index (χ4n) is 4.55. The van der Waals surface area contributed by atoms with E-state index in [1.807, 2.05) is 0 Å². The average molecular weight is 538 g/mol. The highest BCUT2D eigenvalue weighted by Crippen LogP contribution is 2.35. The summed E-state index contributed by atoms with van der Waals surface area (Å²) >= 11 is 0. The number of hydrogen-bond donors (Lipinski definition) is 2. The van der Waals surface area contributed by atoms with Crippen LogP contribution in [-0.4, -0.2) is 69.5 Å². The monoisotopic (exact) mass is 537 g/mol. The topological polar surface area (TPSA) is 106 Å². The second-order valence-electron chi connectivity index (χ2n) is 9.51. The summed E-state index contributed by atoms with van der Waals surface area (Å²) in [5.74, 6) is -0.0347. The van der Waals surface area contributed by atoms with Crippen molar-refractivity contribution in [3.63, 3.8) is 0 Å². The first kappa shape index (κ1) is 25.8. The molecule has 2 N–H and O–H groups in total. The molecule has 0 atom stereocenters. The van der Waals surface area contributed by atoms with Gasteiger partial charge in [-0.15, -0.1) is 5.10 Å². The van der Waals surface area contributed by atoms with E-state index in [4.69, 9.17) is 9.84 Å². The van der Waals surface area contributed by atoms with Gasteiger partial charge in [0.1, 0.15) is 13.0 Å². The molecule has 0 spiro atoms. The van der Waals surface area contributed by atoms with E-state index in [9.17, 15) is 18.0 Å². The Bertz CT molecular complexity index is 1180. The van der Waals surface area contributed by atoms with Crippen molar-refractivity contribution in [3.8, 4) is 0 Å². The van der Waals surface area contributed by atoms with Gasteiger partial charge in [0.25, 0.3) is 0 Å². The van der Waals surface area contributed by atoms with Crippen molar-refractivity contribution in [2.75, 3.05) is 36.7 Å². The Hall–Kier alpha value is -3.84. The van der Waals surface area contributed by atoms with Crippen molar-refractivity contribution >= 4 is 23.6 Å². The summed E-state index contributed by atoms with van der Waals surface area (Å²) in [6, 6.07) is 4.87. The molecule has 0 unspecified atom stereocenters. The molecule has 14 heteroatoms. The number of benzene rings is 1. The molecule has 2 aromatic rings. The molecule has 1 saturated carbocycles. The number of hydrazone groups is 1. The maximum Gasteiger partial charge on any atom is 0.416 e. The minimum atomic E-state index is -4.42. The van der Waals surface area contributed by atoms with E-state index in [1.54, 1.807) is 9.91 Å². The molecule has 204 valence electrons. The van der Waals surface area contributed by atoms with Gasteiger partial charge in [-0.2, -0.15) is 17.6 Å². The van der Waals surface area contributed by atoms with Gasteiger partial charge >= 0.3 is 12.3 Å². The summed E-state index contributed by atoms with van der Waals surface area (Å²) in [6.45, 7) is 1.33. The van der Waals surface area contributed by atoms with Crippen LogP contribution in [0.25, 0.3) is 0 Å². The number of carboxylic acid groups (broad SMARTS) is 1. The number of halogens is 4. The lowest BCUT2D eigenvalue weighted by Gasteiger charge is -2.28. The van der Waals surface area contributed by atoms with Crippen molar-refractivity contribution < 1.29 is 32.2 Å². The summed E-state index contributed by atoms with van der Waals surface area (Å²) < 4.78 is 59.8. The van der Waals surface area contributed by atoms with E-state index in [-0.39, 0.29) is 43.5 Å². The van der Waals surface area contributed by atoms with Crippen LogP contribution in [0.3, 0.4) is 0 Å². The second kappa shape index (κ2) is 10.5. The number of nitrogens with zero attached hydrogens (tertiary/aromatic N) is 6. The SMILES string of the molecule is O=C(O)N1CCC(C2=NN(CNc3ncnc(N(Cc4ccc(C(F)(F)F)cc4)C4CC4)c3F)CO2)CC1. The third-order valence-corrected chi connectivity index (χ3v) is 6.81. The number of amides is 1. The molecule has 2 fully saturated rings. The lowest BCUT2D eigenvalue weighted by atomic mass is 9.97. The van der Waals surface area contributed by atoms with Gasteiger partial charge in [-0.3, -0.25) is 0 Å². The van der Waals surface area contributed by atoms with Crippen molar-refractivity contribution in [1.29, 1.82) is 0 Å². The van der Waals surface area contributed by atoms with Crippen LogP contribution in [0.5, 0.6) is 0 Å². The number of alkyl halides is 3. The van der Waals surface area contributed by atoms with Crippen LogP contribution >= 0.6 is 0 Å². The molecule has 5 rings (SSSR count). The first-order valence-corrected chi connectivity index (χ1v) is 12.3. The van der Waals surface area contributed by atoms with E-state index < -0.39 is 23.7 Å². The van der Waals surface area contributed by atoms with E-state index in [1.165, 1.54) is 23.4 Å². The number of likely N-dealkylation sites (tertiary alicyclic amines) is 1. The number of anilines is 2. The van der Waals surface area contributed by atoms with Crippen LogP contribution in [-0.2, 0) is 17.5 Å². The zero-order chi connectivity index (χ0) is 26.9. The number of aromatic nitrogens is 2. The third kappa shape index (κ3) is 5.83. The van der Waals surface area contributed by atoms with Crippen molar-refractivity contribution in [2.45, 2.75) is 44.4 Å². The maximum atomic E-state index is 15.5. The first-order chi connectivity index (χ1) is 18.2. The predicted molar refractivity (Wildman–Crippen MR) is 129 cm³/mol. The highest BCUT2D eigenvalue weighted by molar-refractivity contribution is 5.79. The van der Waals surface area contributed by atoms with Gasteiger partial charge in [0.2, 0.25) is 11.7 Å². The predicted octanol–water partition coefficient (Wildman–Crippen LogP) is 4.17. The molecule has 1 aromatic heterocycles. The Morgan fingerprint density at radius 1 is 1.13 bits per heavy atom. The van der Waals surface area contributed by atoms with Crippen molar-refractivity contribution in [1.82, 2.24) is 19.9 Å². The standard InChI is InChI=1S/C24H27F4N7O3/c25-19-20(31-13-34-14-38-22(32-34)16-7-9-33(10-8-16)23(36)37)29-12-30-21(19)35(18-5-6-18)11-15-1-3-17(4-2-15)24(26,27)28/h1-4,12,16,18H,5-11,13-14H2,(H,36,37)(H,29,30,31). The molecule has 0 bridgehead atoms. The minimum absolute atomic E-state index is 0.0218. The summed E-state index contributed by atoms with van der Waals surface area (Å²) in [5, 5.41) is 18.0. The molecular formula is C24H27F4N7O3. The van der Waals surface area contributed by atoms with Crippen LogP contribution in [0.4, 0.5) is 34.0 Å². The molecule has 0 radical (unpaired) electrons. The first-order valence-electron chi connectivity index (χ1n) is 12.3. The average Bonchev–Trinajstić information content (AvgIpc) is 3.63. The lowest BCUT2D eigenvalue weighted by molar-refractivity contribution is -0.137. The van der Waals surface area contributed by atoms with Crippen LogP contribution < -0.4 is 10.2 Å². The molecule has 10 nitrogen and oxygen atoms in total.